The van der Waals surface area contributed by atoms with E-state index in [9.17, 15) is 14.7 Å². The molecule has 0 aromatic carbocycles. The number of allylic oxidation sites excluding steroid dienone is 3. The smallest absolute Gasteiger partial charge is 0.352 e. The Morgan fingerprint density at radius 3 is 2.75 bits per heavy atom. The summed E-state index contributed by atoms with van der Waals surface area (Å²) in [5.41, 5.74) is 1.45. The van der Waals surface area contributed by atoms with Crippen LogP contribution in [0.15, 0.2) is 34.8 Å². The SMILES string of the molecule is O=C(O)C1OC2=CC(O)=CC(=CCl)C2C1=O. The molecule has 1 aliphatic carbocycles. The Labute approximate surface area is 95.3 Å². The summed E-state index contributed by atoms with van der Waals surface area (Å²) in [6, 6.07) is 0. The number of fused-ring (bicyclic) bond motifs is 1. The highest BCUT2D eigenvalue weighted by atomic mass is 35.5. The van der Waals surface area contributed by atoms with Crippen LogP contribution in [-0.2, 0) is 14.3 Å². The van der Waals surface area contributed by atoms with Crippen LogP contribution in [0.3, 0.4) is 0 Å². The number of aliphatic hydroxyl groups is 1. The number of halogens is 1. The Bertz CT molecular complexity index is 460. The molecule has 1 saturated heterocycles. The monoisotopic (exact) mass is 242 g/mol. The van der Waals surface area contributed by atoms with Crippen molar-refractivity contribution in [1.82, 2.24) is 0 Å². The third kappa shape index (κ3) is 1.49. The number of rotatable bonds is 1. The first-order valence-electron chi connectivity index (χ1n) is 4.40. The van der Waals surface area contributed by atoms with Gasteiger partial charge in [0, 0.05) is 11.6 Å². The average Bonchev–Trinajstić information content (AvgIpc) is 2.55. The lowest BCUT2D eigenvalue weighted by Gasteiger charge is -2.13. The van der Waals surface area contributed by atoms with Crippen molar-refractivity contribution in [3.8, 4) is 0 Å². The van der Waals surface area contributed by atoms with Gasteiger partial charge in [0.15, 0.2) is 5.78 Å². The third-order valence-electron chi connectivity index (χ3n) is 2.37. The molecule has 84 valence electrons. The van der Waals surface area contributed by atoms with Crippen molar-refractivity contribution < 1.29 is 24.5 Å². The van der Waals surface area contributed by atoms with E-state index >= 15 is 0 Å². The highest BCUT2D eigenvalue weighted by Crippen LogP contribution is 2.37. The van der Waals surface area contributed by atoms with Crippen LogP contribution in [0.1, 0.15) is 0 Å². The van der Waals surface area contributed by atoms with E-state index in [1.54, 1.807) is 0 Å². The highest BCUT2D eigenvalue weighted by Gasteiger charge is 2.47. The van der Waals surface area contributed by atoms with Crippen molar-refractivity contribution in [1.29, 1.82) is 0 Å². The molecule has 2 rings (SSSR count). The van der Waals surface area contributed by atoms with Gasteiger partial charge in [-0.15, -0.1) is 0 Å². The number of Topliss-reactive ketones (excluding diaryl/α,β-unsaturated/α-hetero) is 1. The topological polar surface area (TPSA) is 83.8 Å². The number of carbonyl (C=O) groups excluding carboxylic acids is 1. The Kier molecular flexibility index (Phi) is 2.47. The van der Waals surface area contributed by atoms with Crippen molar-refractivity contribution in [2.75, 3.05) is 0 Å². The summed E-state index contributed by atoms with van der Waals surface area (Å²) in [7, 11) is 0. The fourth-order valence-electron chi connectivity index (χ4n) is 1.71. The predicted octanol–water partition coefficient (Wildman–Crippen LogP) is 1.12. The van der Waals surface area contributed by atoms with Crippen LogP contribution in [0.25, 0.3) is 0 Å². The molecular weight excluding hydrogens is 236 g/mol. The minimum atomic E-state index is -1.53. The molecule has 2 N–H and O–H groups in total. The number of carboxylic acids is 1. The van der Waals surface area contributed by atoms with Crippen molar-refractivity contribution in [3.05, 3.63) is 34.8 Å². The summed E-state index contributed by atoms with van der Waals surface area (Å²) in [6.07, 6.45) is 0.990. The molecule has 0 amide bonds. The molecule has 1 heterocycles. The van der Waals surface area contributed by atoms with E-state index in [1.807, 2.05) is 0 Å². The first-order valence-corrected chi connectivity index (χ1v) is 4.84. The van der Waals surface area contributed by atoms with Crippen LogP contribution in [-0.4, -0.2) is 28.1 Å². The van der Waals surface area contributed by atoms with Crippen LogP contribution >= 0.6 is 11.6 Å². The quantitative estimate of drug-likeness (QED) is 0.673. The first kappa shape index (κ1) is 10.8. The maximum absolute atomic E-state index is 11.7. The highest BCUT2D eigenvalue weighted by molar-refractivity contribution is 6.26. The summed E-state index contributed by atoms with van der Waals surface area (Å²) in [5.74, 6) is -2.78. The van der Waals surface area contributed by atoms with Crippen molar-refractivity contribution in [2.45, 2.75) is 6.10 Å². The third-order valence-corrected chi connectivity index (χ3v) is 2.62. The molecule has 5 nitrogen and oxygen atoms in total. The summed E-state index contributed by atoms with van der Waals surface area (Å²) >= 11 is 5.50. The van der Waals surface area contributed by atoms with E-state index in [1.165, 1.54) is 12.2 Å². The molecule has 0 aromatic heterocycles. The Hall–Kier alpha value is -1.75. The van der Waals surface area contributed by atoms with Crippen LogP contribution < -0.4 is 0 Å². The molecule has 0 saturated carbocycles. The Morgan fingerprint density at radius 1 is 1.50 bits per heavy atom. The fraction of sp³-hybridized carbons (Fsp3) is 0.200. The van der Waals surface area contributed by atoms with Gasteiger partial charge in [-0.1, -0.05) is 11.6 Å². The number of carbonyl (C=O) groups is 2. The summed E-state index contributed by atoms with van der Waals surface area (Å²) in [4.78, 5) is 22.4. The van der Waals surface area contributed by atoms with Gasteiger partial charge in [-0.3, -0.25) is 4.79 Å². The zero-order valence-corrected chi connectivity index (χ0v) is 8.64. The van der Waals surface area contributed by atoms with Gasteiger partial charge in [0.2, 0.25) is 0 Å². The van der Waals surface area contributed by atoms with Crippen LogP contribution in [0.5, 0.6) is 0 Å². The van der Waals surface area contributed by atoms with E-state index in [0.29, 0.717) is 5.57 Å². The summed E-state index contributed by atoms with van der Waals surface area (Å²) in [6.45, 7) is 0. The van der Waals surface area contributed by atoms with Crippen LogP contribution in [0.4, 0.5) is 0 Å². The molecule has 1 aliphatic heterocycles. The number of hydrogen-bond acceptors (Lipinski definition) is 4. The number of carboxylic acid groups (broad SMARTS) is 1. The second-order valence-electron chi connectivity index (χ2n) is 3.40. The Morgan fingerprint density at radius 2 is 2.19 bits per heavy atom. The number of aliphatic hydroxyl groups excluding tert-OH is 1. The molecule has 2 atom stereocenters. The van der Waals surface area contributed by atoms with Gasteiger partial charge in [0.1, 0.15) is 17.4 Å². The largest absolute Gasteiger partial charge is 0.508 e. The van der Waals surface area contributed by atoms with Gasteiger partial charge < -0.3 is 14.9 Å². The van der Waals surface area contributed by atoms with Crippen LogP contribution in [0.2, 0.25) is 0 Å². The lowest BCUT2D eigenvalue weighted by molar-refractivity contribution is -0.149. The van der Waals surface area contributed by atoms with Crippen molar-refractivity contribution in [3.63, 3.8) is 0 Å². The van der Waals surface area contributed by atoms with Gasteiger partial charge in [0.05, 0.1) is 0 Å². The van der Waals surface area contributed by atoms with Crippen molar-refractivity contribution >= 4 is 23.4 Å². The number of ketones is 1. The normalized spacial score (nSPS) is 30.6. The molecule has 1 fully saturated rings. The zero-order valence-electron chi connectivity index (χ0n) is 7.88. The van der Waals surface area contributed by atoms with E-state index in [4.69, 9.17) is 21.4 Å². The van der Waals surface area contributed by atoms with Gasteiger partial charge in [-0.2, -0.15) is 0 Å². The standard InChI is InChI=1S/C10H7ClO5/c11-3-4-1-5(12)2-6-7(4)8(13)9(16-6)10(14)15/h1-3,7,9,12H,(H,14,15). The predicted molar refractivity (Wildman–Crippen MR) is 53.7 cm³/mol. The maximum atomic E-state index is 11.7. The second kappa shape index (κ2) is 3.68. The first-order chi connectivity index (χ1) is 7.54. The molecule has 0 radical (unpaired) electrons. The number of hydrogen-bond donors (Lipinski definition) is 2. The van der Waals surface area contributed by atoms with Gasteiger partial charge in [0.25, 0.3) is 6.10 Å². The maximum Gasteiger partial charge on any atom is 0.352 e. The average molecular weight is 243 g/mol. The van der Waals surface area contributed by atoms with Crippen LogP contribution in [0, 0.1) is 5.92 Å². The molecule has 0 bridgehead atoms. The molecule has 0 aromatic rings. The summed E-state index contributed by atoms with van der Waals surface area (Å²) < 4.78 is 4.95. The van der Waals surface area contributed by atoms with Crippen molar-refractivity contribution in [2.24, 2.45) is 5.92 Å². The van der Waals surface area contributed by atoms with E-state index in [-0.39, 0.29) is 11.5 Å². The van der Waals surface area contributed by atoms with E-state index in [2.05, 4.69) is 0 Å². The lowest BCUT2D eigenvalue weighted by Crippen LogP contribution is -2.29. The lowest BCUT2D eigenvalue weighted by atomic mass is 9.90. The number of aliphatic carboxylic acids is 1. The van der Waals surface area contributed by atoms with Gasteiger partial charge in [-0.05, 0) is 11.6 Å². The molecule has 2 aliphatic rings. The fourth-order valence-corrected chi connectivity index (χ4v) is 1.90. The molecule has 2 unspecified atom stereocenters. The molecular formula is C10H7ClO5. The molecule has 6 heteroatoms. The Balaban J connectivity index is 2.43. The van der Waals surface area contributed by atoms with Gasteiger partial charge >= 0.3 is 5.97 Å². The molecule has 16 heavy (non-hydrogen) atoms. The minimum absolute atomic E-state index is 0.115. The van der Waals surface area contributed by atoms with Gasteiger partial charge in [-0.25, -0.2) is 4.79 Å². The molecule has 0 spiro atoms. The van der Waals surface area contributed by atoms with E-state index < -0.39 is 23.8 Å². The minimum Gasteiger partial charge on any atom is -0.508 e. The number of ether oxygens (including phenoxy) is 1. The zero-order chi connectivity index (χ0) is 11.9. The summed E-state index contributed by atoms with van der Waals surface area (Å²) in [5, 5.41) is 18.1. The van der Waals surface area contributed by atoms with E-state index in [0.717, 1.165) is 5.54 Å². The second-order valence-corrected chi connectivity index (χ2v) is 3.61.